The quantitative estimate of drug-likeness (QED) is 0.332. The first kappa shape index (κ1) is 4.03. The van der Waals surface area contributed by atoms with Crippen LogP contribution in [0.25, 0.3) is 0 Å². The number of rotatable bonds is 1. The number of hydrogen-bond acceptors (Lipinski definition) is 2. The first-order chi connectivity index (χ1) is 1.91. The van der Waals surface area contributed by atoms with E-state index in [0.29, 0.717) is 6.29 Å². The van der Waals surface area contributed by atoms with Gasteiger partial charge in [-0.15, -0.1) is 9.24 Å². The van der Waals surface area contributed by atoms with Crippen LogP contribution in [-0.2, 0) is 0 Å². The topological polar surface area (TPSA) is 29.4 Å². The molecule has 0 rings (SSSR count). The zero-order valence-corrected chi connectivity index (χ0v) is 3.29. The van der Waals surface area contributed by atoms with Crippen LogP contribution in [-0.4, -0.2) is 6.29 Å². The molecule has 0 aliphatic heterocycles. The van der Waals surface area contributed by atoms with Gasteiger partial charge in [0, 0.05) is 0 Å². The van der Waals surface area contributed by atoms with Crippen molar-refractivity contribution in [1.82, 2.24) is 0 Å². The maximum absolute atomic E-state index is 8.90. The summed E-state index contributed by atoms with van der Waals surface area (Å²) in [6, 6.07) is 0. The number of hydrogen-bond donors (Lipinski definition) is 0. The largest absolute Gasteiger partial charge is 0.150 e. The minimum absolute atomic E-state index is 0.306. The molecule has 0 aromatic carbocycles. The molecule has 0 spiro atoms. The Hall–Kier alpha value is 0.0300. The molecule has 0 heterocycles. The van der Waals surface area contributed by atoms with E-state index >= 15 is 0 Å². The van der Waals surface area contributed by atoms with E-state index in [9.17, 15) is 0 Å². The summed E-state index contributed by atoms with van der Waals surface area (Å²) in [5.74, 6) is 0. The van der Waals surface area contributed by atoms with Crippen molar-refractivity contribution in [2.45, 2.75) is 0 Å². The molecule has 0 saturated carbocycles. The van der Waals surface area contributed by atoms with Crippen molar-refractivity contribution in [1.29, 1.82) is 0 Å². The van der Waals surface area contributed by atoms with Gasteiger partial charge in [0.05, 0.1) is 6.29 Å². The van der Waals surface area contributed by atoms with Gasteiger partial charge in [-0.2, -0.15) is 4.91 Å². The summed E-state index contributed by atoms with van der Waals surface area (Å²) in [7, 11) is 2.18. The van der Waals surface area contributed by atoms with Crippen molar-refractivity contribution < 1.29 is 0 Å². The maximum Gasteiger partial charge on any atom is 0.0947 e. The lowest BCUT2D eigenvalue weighted by Gasteiger charge is -1.52. The van der Waals surface area contributed by atoms with Crippen LogP contribution in [0.4, 0.5) is 0 Å². The first-order valence-electron chi connectivity index (χ1n) is 0.907. The fourth-order valence-electron chi connectivity index (χ4n) is 0. The maximum atomic E-state index is 8.90. The van der Waals surface area contributed by atoms with Gasteiger partial charge in [-0.3, -0.25) is 0 Å². The fourth-order valence-corrected chi connectivity index (χ4v) is 0. The minimum atomic E-state index is 0.306. The van der Waals surface area contributed by atoms with Gasteiger partial charge in [0.1, 0.15) is 0 Å². The summed E-state index contributed by atoms with van der Waals surface area (Å²) in [5.41, 5.74) is 0. The smallest absolute Gasteiger partial charge is 0.0947 e. The van der Waals surface area contributed by atoms with Gasteiger partial charge in [-0.05, 0) is 0 Å². The van der Waals surface area contributed by atoms with Crippen molar-refractivity contribution in [3.05, 3.63) is 4.91 Å². The third kappa shape index (κ3) is 2.03. The lowest BCUT2D eigenvalue weighted by atomic mass is 11.5. The Balaban J connectivity index is 2.30. The van der Waals surface area contributed by atoms with E-state index < -0.39 is 0 Å². The van der Waals surface area contributed by atoms with E-state index in [-0.39, 0.29) is 0 Å². The van der Waals surface area contributed by atoms with Crippen LogP contribution in [0.2, 0.25) is 0 Å². The molecular formula is CH4NOP. The first-order valence-corrected chi connectivity index (χ1v) is 1.72. The second-order valence-electron chi connectivity index (χ2n) is 0.312. The summed E-state index contributed by atoms with van der Waals surface area (Å²) in [5, 5.41) is 2.45. The molecule has 0 saturated heterocycles. The summed E-state index contributed by atoms with van der Waals surface area (Å²) in [4.78, 5) is 8.90. The molecule has 4 heavy (non-hydrogen) atoms. The zero-order valence-electron chi connectivity index (χ0n) is 2.14. The van der Waals surface area contributed by atoms with E-state index in [1.54, 1.807) is 0 Å². The normalized spacial score (nSPS) is 6.25. The molecule has 1 unspecified atom stereocenters. The van der Waals surface area contributed by atoms with Crippen molar-refractivity contribution >= 4 is 9.24 Å². The van der Waals surface area contributed by atoms with Gasteiger partial charge in [0.25, 0.3) is 0 Å². The highest BCUT2D eigenvalue weighted by Crippen LogP contribution is 1.74. The monoisotopic (exact) mass is 77.0 g/mol. The fraction of sp³-hybridized carbons (Fsp3) is 1.00. The average Bonchev–Trinajstić information content (AvgIpc) is 1.37. The number of nitrogens with zero attached hydrogens (tertiary/aromatic N) is 1. The summed E-state index contributed by atoms with van der Waals surface area (Å²) in [6.07, 6.45) is 0.306. The Kier molecular flexibility index (Phi) is 3.05. The molecule has 0 aliphatic rings. The molecule has 0 amide bonds. The van der Waals surface area contributed by atoms with Crippen LogP contribution in [0, 0.1) is 4.91 Å². The Morgan fingerprint density at radius 1 is 2.00 bits per heavy atom. The summed E-state index contributed by atoms with van der Waals surface area (Å²) < 4.78 is 0. The Bertz CT molecular complexity index is 22.0. The average molecular weight is 77.0 g/mol. The predicted molar refractivity (Wildman–Crippen MR) is 20.4 cm³/mol. The second-order valence-corrected chi connectivity index (χ2v) is 0.677. The molecule has 24 valence electrons. The number of nitroso groups, excluding NO2 is 1. The molecule has 0 fully saturated rings. The van der Waals surface area contributed by atoms with Gasteiger partial charge < -0.3 is 0 Å². The van der Waals surface area contributed by atoms with E-state index in [1.807, 2.05) is 0 Å². The highest BCUT2D eigenvalue weighted by molar-refractivity contribution is 7.16. The molecule has 0 aromatic heterocycles. The van der Waals surface area contributed by atoms with Gasteiger partial charge in [0.15, 0.2) is 0 Å². The van der Waals surface area contributed by atoms with Gasteiger partial charge in [0.2, 0.25) is 0 Å². The second kappa shape index (κ2) is 3.03. The zero-order chi connectivity index (χ0) is 3.41. The molecule has 0 aromatic rings. The van der Waals surface area contributed by atoms with Crippen molar-refractivity contribution in [3.63, 3.8) is 0 Å². The van der Waals surface area contributed by atoms with Gasteiger partial charge in [-0.1, -0.05) is 5.18 Å². The van der Waals surface area contributed by atoms with Crippen LogP contribution >= 0.6 is 9.24 Å². The van der Waals surface area contributed by atoms with E-state index in [1.165, 1.54) is 0 Å². The Morgan fingerprint density at radius 3 is 2.25 bits per heavy atom. The molecule has 0 N–H and O–H groups in total. The molecule has 1 atom stereocenters. The molecule has 0 radical (unpaired) electrons. The highest BCUT2D eigenvalue weighted by Gasteiger charge is 1.50. The van der Waals surface area contributed by atoms with Crippen molar-refractivity contribution in [2.75, 3.05) is 6.29 Å². The lowest BCUT2D eigenvalue weighted by Crippen LogP contribution is -1.43. The van der Waals surface area contributed by atoms with Crippen LogP contribution < -0.4 is 0 Å². The third-order valence-corrected chi connectivity index (χ3v) is 0.224. The molecule has 2 nitrogen and oxygen atoms in total. The Morgan fingerprint density at radius 2 is 2.25 bits per heavy atom. The SMILES string of the molecule is O=NCP. The standard InChI is InChI=1S/CH4NOP/c3-2-1-4/h1,4H2. The van der Waals surface area contributed by atoms with E-state index in [2.05, 4.69) is 14.4 Å². The van der Waals surface area contributed by atoms with Crippen molar-refractivity contribution in [3.8, 4) is 0 Å². The highest BCUT2D eigenvalue weighted by atomic mass is 31.0. The van der Waals surface area contributed by atoms with Gasteiger partial charge in [-0.25, -0.2) is 0 Å². The van der Waals surface area contributed by atoms with E-state index in [0.717, 1.165) is 0 Å². The Labute approximate surface area is 26.8 Å². The summed E-state index contributed by atoms with van der Waals surface area (Å²) in [6.45, 7) is 0. The van der Waals surface area contributed by atoms with Crippen LogP contribution in [0.5, 0.6) is 0 Å². The van der Waals surface area contributed by atoms with E-state index in [4.69, 9.17) is 4.91 Å². The predicted octanol–water partition coefficient (Wildman–Crippen LogP) is 0.585. The van der Waals surface area contributed by atoms with Gasteiger partial charge >= 0.3 is 0 Å². The lowest BCUT2D eigenvalue weighted by molar-refractivity contribution is 1.36. The van der Waals surface area contributed by atoms with Crippen LogP contribution in [0.15, 0.2) is 5.18 Å². The van der Waals surface area contributed by atoms with Crippen LogP contribution in [0.3, 0.4) is 0 Å². The molecule has 0 aliphatic carbocycles. The van der Waals surface area contributed by atoms with Crippen LogP contribution in [0.1, 0.15) is 0 Å². The third-order valence-electron chi connectivity index (χ3n) is 0.0745. The molecule has 0 bridgehead atoms. The molecule has 3 heteroatoms. The molecular weight excluding hydrogens is 73.0 g/mol. The van der Waals surface area contributed by atoms with Crippen molar-refractivity contribution in [2.24, 2.45) is 5.18 Å². The summed E-state index contributed by atoms with van der Waals surface area (Å²) >= 11 is 0. The minimum Gasteiger partial charge on any atom is -0.150 e.